The Labute approximate surface area is 211 Å². The fourth-order valence-corrected chi connectivity index (χ4v) is 5.32. The summed E-state index contributed by atoms with van der Waals surface area (Å²) in [5.41, 5.74) is 2.23. The van der Waals surface area contributed by atoms with E-state index in [9.17, 15) is 22.8 Å². The van der Waals surface area contributed by atoms with E-state index in [1.54, 1.807) is 18.2 Å². The van der Waals surface area contributed by atoms with Gasteiger partial charge >= 0.3 is 12.3 Å². The van der Waals surface area contributed by atoms with Crippen molar-refractivity contribution in [2.24, 2.45) is 11.3 Å². The summed E-state index contributed by atoms with van der Waals surface area (Å²) in [4.78, 5) is 28.0. The first-order valence-corrected chi connectivity index (χ1v) is 11.9. The SMILES string of the molecule is CC1CC(n2c(Nc3ccc(OC(F)(F)F)cc3)nc3cc(C(=O)NCC(=O)O)ccc32)CC(C)(C)C1. The van der Waals surface area contributed by atoms with Crippen LogP contribution >= 0.6 is 0 Å². The smallest absolute Gasteiger partial charge is 0.480 e. The summed E-state index contributed by atoms with van der Waals surface area (Å²) in [5, 5.41) is 14.4. The molecule has 198 valence electrons. The molecule has 1 amide bonds. The molecule has 1 fully saturated rings. The lowest BCUT2D eigenvalue weighted by molar-refractivity contribution is -0.274. The van der Waals surface area contributed by atoms with E-state index < -0.39 is 24.8 Å². The molecule has 1 aromatic heterocycles. The van der Waals surface area contributed by atoms with Gasteiger partial charge in [-0.2, -0.15) is 0 Å². The van der Waals surface area contributed by atoms with Crippen molar-refractivity contribution in [3.8, 4) is 5.75 Å². The standard InChI is InChI=1S/C26H29F3N4O4/c1-15-10-18(13-25(2,3)12-15)33-21-9-4-16(23(36)30-14-22(34)35)11-20(21)32-24(33)31-17-5-7-19(8-6-17)37-26(27,28)29/h4-9,11,15,18H,10,12-14H2,1-3H3,(H,30,36)(H,31,32)(H,34,35). The highest BCUT2D eigenvalue weighted by Crippen LogP contribution is 2.46. The second kappa shape index (κ2) is 9.95. The second-order valence-electron chi connectivity index (χ2n) is 10.3. The molecule has 2 unspecified atom stereocenters. The quantitative estimate of drug-likeness (QED) is 0.361. The van der Waals surface area contributed by atoms with Gasteiger partial charge in [0.15, 0.2) is 0 Å². The number of aliphatic carboxylic acids is 1. The molecule has 0 bridgehead atoms. The van der Waals surface area contributed by atoms with Crippen LogP contribution in [0.15, 0.2) is 42.5 Å². The number of halogens is 3. The molecule has 0 spiro atoms. The number of rotatable bonds is 7. The molecule has 3 aromatic rings. The van der Waals surface area contributed by atoms with Crippen LogP contribution in [0.1, 0.15) is 56.4 Å². The largest absolute Gasteiger partial charge is 0.573 e. The fourth-order valence-electron chi connectivity index (χ4n) is 5.32. The molecule has 8 nitrogen and oxygen atoms in total. The Morgan fingerprint density at radius 3 is 2.49 bits per heavy atom. The van der Waals surface area contributed by atoms with Gasteiger partial charge in [0.2, 0.25) is 5.95 Å². The van der Waals surface area contributed by atoms with E-state index in [4.69, 9.17) is 10.1 Å². The number of ether oxygens (including phenoxy) is 1. The normalized spacial score (nSPS) is 19.4. The van der Waals surface area contributed by atoms with Crippen LogP contribution in [0.4, 0.5) is 24.8 Å². The first-order chi connectivity index (χ1) is 17.3. The number of alkyl halides is 3. The number of carboxylic acids is 1. The zero-order valence-electron chi connectivity index (χ0n) is 20.7. The minimum atomic E-state index is -4.78. The topological polar surface area (TPSA) is 105 Å². The molecule has 4 rings (SSSR count). The maximum Gasteiger partial charge on any atom is 0.573 e. The molecule has 2 aromatic carbocycles. The monoisotopic (exact) mass is 518 g/mol. The maximum atomic E-state index is 12.5. The van der Waals surface area contributed by atoms with Crippen LogP contribution in [0, 0.1) is 11.3 Å². The number of amides is 1. The van der Waals surface area contributed by atoms with Crippen molar-refractivity contribution < 1.29 is 32.6 Å². The molecule has 2 atom stereocenters. The molecule has 0 saturated heterocycles. The summed E-state index contributed by atoms with van der Waals surface area (Å²) in [5.74, 6) is -1.03. The number of fused-ring (bicyclic) bond motifs is 1. The van der Waals surface area contributed by atoms with Gasteiger partial charge in [-0.05, 0) is 73.1 Å². The number of aromatic nitrogens is 2. The number of nitrogens with one attached hydrogen (secondary N) is 2. The van der Waals surface area contributed by atoms with Crippen molar-refractivity contribution in [2.75, 3.05) is 11.9 Å². The average molecular weight is 519 g/mol. The first kappa shape index (κ1) is 26.3. The number of carboxylic acid groups (broad SMARTS) is 1. The van der Waals surface area contributed by atoms with Crippen LogP contribution in [0.2, 0.25) is 0 Å². The van der Waals surface area contributed by atoms with Crippen LogP contribution in [0.3, 0.4) is 0 Å². The Balaban J connectivity index is 1.71. The van der Waals surface area contributed by atoms with E-state index >= 15 is 0 Å². The Morgan fingerprint density at radius 2 is 1.86 bits per heavy atom. The molecule has 1 saturated carbocycles. The number of hydrogen-bond acceptors (Lipinski definition) is 5. The third-order valence-electron chi connectivity index (χ3n) is 6.42. The van der Waals surface area contributed by atoms with Crippen LogP contribution in [-0.2, 0) is 4.79 Å². The van der Waals surface area contributed by atoms with Crippen LogP contribution in [0.25, 0.3) is 11.0 Å². The number of benzene rings is 2. The lowest BCUT2D eigenvalue weighted by atomic mass is 9.70. The second-order valence-corrected chi connectivity index (χ2v) is 10.3. The molecule has 11 heteroatoms. The van der Waals surface area contributed by atoms with Crippen LogP contribution in [-0.4, -0.2) is 39.4 Å². The number of anilines is 2. The van der Waals surface area contributed by atoms with Gasteiger partial charge in [-0.25, -0.2) is 4.98 Å². The molecular formula is C26H29F3N4O4. The Kier molecular flexibility index (Phi) is 7.07. The predicted octanol–water partition coefficient (Wildman–Crippen LogP) is 5.88. The highest BCUT2D eigenvalue weighted by molar-refractivity contribution is 5.99. The van der Waals surface area contributed by atoms with Crippen molar-refractivity contribution in [1.82, 2.24) is 14.9 Å². The fraction of sp³-hybridized carbons (Fsp3) is 0.423. The summed E-state index contributed by atoms with van der Waals surface area (Å²) in [6.07, 6.45) is -1.87. The van der Waals surface area contributed by atoms with Crippen LogP contribution in [0.5, 0.6) is 5.75 Å². The molecular weight excluding hydrogens is 489 g/mol. The van der Waals surface area contributed by atoms with E-state index in [0.717, 1.165) is 24.8 Å². The van der Waals surface area contributed by atoms with Gasteiger partial charge in [0, 0.05) is 17.3 Å². The summed E-state index contributed by atoms with van der Waals surface area (Å²) < 4.78 is 43.6. The summed E-state index contributed by atoms with van der Waals surface area (Å²) in [6, 6.07) is 10.5. The molecule has 3 N–H and O–H groups in total. The molecule has 1 heterocycles. The van der Waals surface area contributed by atoms with E-state index in [-0.39, 0.29) is 22.8 Å². The van der Waals surface area contributed by atoms with Crippen molar-refractivity contribution in [2.45, 2.75) is 52.4 Å². The molecule has 1 aliphatic rings. The van der Waals surface area contributed by atoms with E-state index in [1.165, 1.54) is 24.3 Å². The number of imidazole rings is 1. The van der Waals surface area contributed by atoms with Crippen molar-refractivity contribution in [3.05, 3.63) is 48.0 Å². The molecule has 37 heavy (non-hydrogen) atoms. The van der Waals surface area contributed by atoms with Gasteiger partial charge in [-0.3, -0.25) is 9.59 Å². The summed E-state index contributed by atoms with van der Waals surface area (Å²) in [7, 11) is 0. The molecule has 0 radical (unpaired) electrons. The third-order valence-corrected chi connectivity index (χ3v) is 6.42. The third kappa shape index (κ3) is 6.52. The average Bonchev–Trinajstić information content (AvgIpc) is 3.13. The van der Waals surface area contributed by atoms with Gasteiger partial charge in [-0.1, -0.05) is 20.8 Å². The lowest BCUT2D eigenvalue weighted by Gasteiger charge is -2.40. The summed E-state index contributed by atoms with van der Waals surface area (Å²) >= 11 is 0. The number of carbonyl (C=O) groups excluding carboxylic acids is 1. The van der Waals surface area contributed by atoms with E-state index in [2.05, 4.69) is 40.7 Å². The zero-order chi connectivity index (χ0) is 27.0. The molecule has 1 aliphatic carbocycles. The van der Waals surface area contributed by atoms with E-state index in [0.29, 0.717) is 23.1 Å². The minimum Gasteiger partial charge on any atom is -0.480 e. The maximum absolute atomic E-state index is 12.5. The Bertz CT molecular complexity index is 1300. The van der Waals surface area contributed by atoms with E-state index in [1.807, 2.05) is 0 Å². The van der Waals surface area contributed by atoms with Crippen molar-refractivity contribution in [1.29, 1.82) is 0 Å². The van der Waals surface area contributed by atoms with Gasteiger partial charge < -0.3 is 25.0 Å². The minimum absolute atomic E-state index is 0.101. The number of hydrogen-bond donors (Lipinski definition) is 3. The van der Waals surface area contributed by atoms with Gasteiger partial charge in [0.25, 0.3) is 5.91 Å². The highest BCUT2D eigenvalue weighted by Gasteiger charge is 2.35. The summed E-state index contributed by atoms with van der Waals surface area (Å²) in [6.45, 7) is 6.17. The van der Waals surface area contributed by atoms with Gasteiger partial charge in [0.1, 0.15) is 12.3 Å². The van der Waals surface area contributed by atoms with Crippen molar-refractivity contribution in [3.63, 3.8) is 0 Å². The highest BCUT2D eigenvalue weighted by atomic mass is 19.4. The van der Waals surface area contributed by atoms with Gasteiger partial charge in [-0.15, -0.1) is 13.2 Å². The first-order valence-electron chi connectivity index (χ1n) is 11.9. The zero-order valence-corrected chi connectivity index (χ0v) is 20.7. The number of nitrogens with zero attached hydrogens (tertiary/aromatic N) is 2. The van der Waals surface area contributed by atoms with Gasteiger partial charge in [0.05, 0.1) is 11.0 Å². The lowest BCUT2D eigenvalue weighted by Crippen LogP contribution is -2.30. The predicted molar refractivity (Wildman–Crippen MR) is 132 cm³/mol. The Hall–Kier alpha value is -3.76. The number of carbonyl (C=O) groups is 2. The van der Waals surface area contributed by atoms with Crippen LogP contribution < -0.4 is 15.4 Å². The van der Waals surface area contributed by atoms with Crippen molar-refractivity contribution >= 4 is 34.5 Å². The molecule has 0 aliphatic heterocycles. The Morgan fingerprint density at radius 1 is 1.16 bits per heavy atom.